The predicted molar refractivity (Wildman–Crippen MR) is 196 cm³/mol. The van der Waals surface area contributed by atoms with E-state index in [0.29, 0.717) is 19.3 Å². The Bertz CT molecular complexity index is 740. The van der Waals surface area contributed by atoms with Gasteiger partial charge in [-0.2, -0.15) is 0 Å². The molecule has 0 aliphatic rings. The lowest BCUT2D eigenvalue weighted by Gasteiger charge is -2.18. The monoisotopic (exact) mass is 663 g/mol. The highest BCUT2D eigenvalue weighted by Gasteiger charge is 2.19. The second-order valence-electron chi connectivity index (χ2n) is 13.2. The Kier molecular flexibility index (Phi) is 35.1. The standard InChI is InChI=1S/C41H74O6/c1-4-7-10-13-16-17-18-19-20-21-22-23-26-29-32-35-41(44)47-38(36-45-39(42)33-30-27-24-14-11-8-5-2)37-46-40(43)34-31-28-25-15-12-9-6-3/h16-17,19-20,38H,4-15,18,21-37H2,1-3H3/b17-16-,20-19-. The van der Waals surface area contributed by atoms with Gasteiger partial charge in [0.1, 0.15) is 13.2 Å². The van der Waals surface area contributed by atoms with Gasteiger partial charge in [0.25, 0.3) is 0 Å². The largest absolute Gasteiger partial charge is 0.462 e. The van der Waals surface area contributed by atoms with E-state index in [0.717, 1.165) is 83.5 Å². The van der Waals surface area contributed by atoms with Crippen molar-refractivity contribution in [1.82, 2.24) is 0 Å². The number of unbranched alkanes of at least 4 members (excludes halogenated alkanes) is 20. The normalized spacial score (nSPS) is 11.6. The molecule has 47 heavy (non-hydrogen) atoms. The van der Waals surface area contributed by atoms with Crippen LogP contribution in [-0.4, -0.2) is 37.2 Å². The number of esters is 3. The third-order valence-corrected chi connectivity index (χ3v) is 8.46. The van der Waals surface area contributed by atoms with E-state index in [1.807, 2.05) is 0 Å². The summed E-state index contributed by atoms with van der Waals surface area (Å²) in [5.74, 6) is -0.905. The Morgan fingerprint density at radius 1 is 0.426 bits per heavy atom. The highest BCUT2D eigenvalue weighted by molar-refractivity contribution is 5.71. The number of allylic oxidation sites excluding steroid dienone is 4. The number of carbonyl (C=O) groups excluding carboxylic acids is 3. The molecular weight excluding hydrogens is 588 g/mol. The minimum atomic E-state index is -0.767. The maximum Gasteiger partial charge on any atom is 0.306 e. The first-order chi connectivity index (χ1) is 23.0. The minimum absolute atomic E-state index is 0.0754. The SMILES string of the molecule is CCCCC/C=C\C/C=C\CCCCCCCC(=O)OC(COC(=O)CCCCCCCCC)COC(=O)CCCCCCCCC. The van der Waals surface area contributed by atoms with Crippen molar-refractivity contribution >= 4 is 17.9 Å². The average Bonchev–Trinajstić information content (AvgIpc) is 3.06. The van der Waals surface area contributed by atoms with Crippen molar-refractivity contribution in [2.45, 2.75) is 207 Å². The zero-order valence-corrected chi connectivity index (χ0v) is 31.0. The second kappa shape index (κ2) is 36.7. The maximum absolute atomic E-state index is 12.6. The molecule has 0 rings (SSSR count). The van der Waals surface area contributed by atoms with Gasteiger partial charge in [-0.05, 0) is 51.4 Å². The van der Waals surface area contributed by atoms with Crippen LogP contribution in [0.5, 0.6) is 0 Å². The molecule has 0 radical (unpaired) electrons. The van der Waals surface area contributed by atoms with Gasteiger partial charge in [0.05, 0.1) is 0 Å². The van der Waals surface area contributed by atoms with Crippen LogP contribution in [0.25, 0.3) is 0 Å². The summed E-state index contributed by atoms with van der Waals surface area (Å²) in [5.41, 5.74) is 0. The molecule has 0 aliphatic heterocycles. The summed E-state index contributed by atoms with van der Waals surface area (Å²) in [6.07, 6.45) is 37.5. The summed E-state index contributed by atoms with van der Waals surface area (Å²) >= 11 is 0. The van der Waals surface area contributed by atoms with Gasteiger partial charge >= 0.3 is 17.9 Å². The van der Waals surface area contributed by atoms with Crippen LogP contribution in [0, 0.1) is 0 Å². The van der Waals surface area contributed by atoms with Gasteiger partial charge in [-0.1, -0.05) is 154 Å². The van der Waals surface area contributed by atoms with E-state index in [2.05, 4.69) is 45.1 Å². The molecule has 0 amide bonds. The summed E-state index contributed by atoms with van der Waals surface area (Å²) in [6, 6.07) is 0. The molecule has 0 atom stereocenters. The predicted octanol–water partition coefficient (Wildman–Crippen LogP) is 12.1. The molecule has 0 aromatic heterocycles. The van der Waals surface area contributed by atoms with Crippen molar-refractivity contribution in [1.29, 1.82) is 0 Å². The molecule has 6 heteroatoms. The van der Waals surface area contributed by atoms with Crippen molar-refractivity contribution in [3.05, 3.63) is 24.3 Å². The zero-order valence-electron chi connectivity index (χ0n) is 31.0. The Morgan fingerprint density at radius 2 is 0.766 bits per heavy atom. The molecule has 274 valence electrons. The molecule has 0 heterocycles. The number of hydrogen-bond donors (Lipinski definition) is 0. The van der Waals surface area contributed by atoms with E-state index in [9.17, 15) is 14.4 Å². The zero-order chi connectivity index (χ0) is 34.5. The van der Waals surface area contributed by atoms with Crippen LogP contribution in [0.1, 0.15) is 201 Å². The summed E-state index contributed by atoms with van der Waals surface area (Å²) in [6.45, 7) is 6.49. The molecule has 0 aromatic rings. The van der Waals surface area contributed by atoms with Crippen LogP contribution < -0.4 is 0 Å². The van der Waals surface area contributed by atoms with Crippen LogP contribution in [0.4, 0.5) is 0 Å². The maximum atomic E-state index is 12.6. The van der Waals surface area contributed by atoms with Gasteiger partial charge in [-0.15, -0.1) is 0 Å². The lowest BCUT2D eigenvalue weighted by atomic mass is 10.1. The van der Waals surface area contributed by atoms with Gasteiger partial charge in [0.2, 0.25) is 0 Å². The van der Waals surface area contributed by atoms with Gasteiger partial charge in [-0.25, -0.2) is 0 Å². The summed E-state index contributed by atoms with van der Waals surface area (Å²) in [5, 5.41) is 0. The van der Waals surface area contributed by atoms with Crippen molar-refractivity contribution in [2.24, 2.45) is 0 Å². The number of rotatable bonds is 35. The first-order valence-corrected chi connectivity index (χ1v) is 19.8. The molecule has 0 aromatic carbocycles. The number of ether oxygens (including phenoxy) is 3. The van der Waals surface area contributed by atoms with Crippen molar-refractivity contribution in [3.8, 4) is 0 Å². The summed E-state index contributed by atoms with van der Waals surface area (Å²) in [4.78, 5) is 37.2. The third-order valence-electron chi connectivity index (χ3n) is 8.46. The van der Waals surface area contributed by atoms with Gasteiger partial charge in [0, 0.05) is 19.3 Å². The molecule has 0 saturated carbocycles. The fourth-order valence-corrected chi connectivity index (χ4v) is 5.41. The van der Waals surface area contributed by atoms with Gasteiger partial charge < -0.3 is 14.2 Å². The highest BCUT2D eigenvalue weighted by Crippen LogP contribution is 2.13. The number of carbonyl (C=O) groups is 3. The Hall–Kier alpha value is -2.11. The topological polar surface area (TPSA) is 78.9 Å². The van der Waals surface area contributed by atoms with E-state index in [-0.39, 0.29) is 31.1 Å². The van der Waals surface area contributed by atoms with E-state index in [1.165, 1.54) is 77.0 Å². The van der Waals surface area contributed by atoms with E-state index < -0.39 is 6.10 Å². The van der Waals surface area contributed by atoms with Gasteiger partial charge in [0.15, 0.2) is 6.10 Å². The molecule has 6 nitrogen and oxygen atoms in total. The van der Waals surface area contributed by atoms with Crippen LogP contribution >= 0.6 is 0 Å². The van der Waals surface area contributed by atoms with E-state index in [1.54, 1.807) is 0 Å². The lowest BCUT2D eigenvalue weighted by molar-refractivity contribution is -0.167. The fraction of sp³-hybridized carbons (Fsp3) is 0.829. The van der Waals surface area contributed by atoms with Crippen LogP contribution in [0.2, 0.25) is 0 Å². The smallest absolute Gasteiger partial charge is 0.306 e. The molecule has 0 spiro atoms. The van der Waals surface area contributed by atoms with Crippen molar-refractivity contribution in [3.63, 3.8) is 0 Å². The molecule has 0 aliphatic carbocycles. The molecule has 0 N–H and O–H groups in total. The Balaban J connectivity index is 4.32. The Labute approximate surface area is 290 Å². The van der Waals surface area contributed by atoms with Crippen molar-refractivity contribution < 1.29 is 28.6 Å². The van der Waals surface area contributed by atoms with Crippen molar-refractivity contribution in [2.75, 3.05) is 13.2 Å². The summed E-state index contributed by atoms with van der Waals surface area (Å²) in [7, 11) is 0. The lowest BCUT2D eigenvalue weighted by Crippen LogP contribution is -2.30. The van der Waals surface area contributed by atoms with Crippen LogP contribution in [-0.2, 0) is 28.6 Å². The molecule has 0 saturated heterocycles. The average molecular weight is 663 g/mol. The van der Waals surface area contributed by atoms with Gasteiger partial charge in [-0.3, -0.25) is 14.4 Å². The number of hydrogen-bond acceptors (Lipinski definition) is 6. The van der Waals surface area contributed by atoms with Crippen LogP contribution in [0.3, 0.4) is 0 Å². The highest BCUT2D eigenvalue weighted by atomic mass is 16.6. The Morgan fingerprint density at radius 3 is 1.21 bits per heavy atom. The first kappa shape index (κ1) is 44.9. The van der Waals surface area contributed by atoms with E-state index >= 15 is 0 Å². The molecule has 0 fully saturated rings. The van der Waals surface area contributed by atoms with Crippen LogP contribution in [0.15, 0.2) is 24.3 Å². The molecule has 0 unspecified atom stereocenters. The fourth-order valence-electron chi connectivity index (χ4n) is 5.41. The minimum Gasteiger partial charge on any atom is -0.462 e. The summed E-state index contributed by atoms with van der Waals surface area (Å²) < 4.78 is 16.5. The molecular formula is C41H74O6. The van der Waals surface area contributed by atoms with E-state index in [4.69, 9.17) is 14.2 Å². The first-order valence-electron chi connectivity index (χ1n) is 19.8. The quantitative estimate of drug-likeness (QED) is 0.0291. The molecule has 0 bridgehead atoms. The second-order valence-corrected chi connectivity index (χ2v) is 13.2. The third kappa shape index (κ3) is 35.0.